The van der Waals surface area contributed by atoms with Gasteiger partial charge >= 0.3 is 30.9 Å². The van der Waals surface area contributed by atoms with E-state index in [1.165, 1.54) is 10.3 Å². The summed E-state index contributed by atoms with van der Waals surface area (Å²) in [5.41, 5.74) is 4.40. The summed E-state index contributed by atoms with van der Waals surface area (Å²) in [7, 11) is -1.82. The van der Waals surface area contributed by atoms with Gasteiger partial charge in [-0.2, -0.15) is 0 Å². The second-order valence-electron chi connectivity index (χ2n) is 8.81. The molecule has 1 aromatic carbocycles. The molecule has 4 amide bonds. The number of likely N-dealkylation sites (N-methyl/N-ethyl adjacent to an activating group) is 1. The second kappa shape index (κ2) is 10.9. The number of hydrogen-bond donors (Lipinski definition) is 4. The molecule has 0 saturated carbocycles. The van der Waals surface area contributed by atoms with E-state index in [0.717, 1.165) is 11.3 Å². The maximum Gasteiger partial charge on any atom is 0.526 e. The largest absolute Gasteiger partial charge is 0.535 e. The van der Waals surface area contributed by atoms with Crippen LogP contribution in [0.4, 0.5) is 18.7 Å². The summed E-state index contributed by atoms with van der Waals surface area (Å²) < 4.78 is 33.7. The molecule has 17 heteroatoms. The van der Waals surface area contributed by atoms with Crippen molar-refractivity contribution in [3.63, 3.8) is 0 Å². The first kappa shape index (κ1) is 27.9. The molecule has 0 radical (unpaired) electrons. The number of nitrogen functional groups attached to an aromatic ring is 1. The van der Waals surface area contributed by atoms with Gasteiger partial charge in [-0.3, -0.25) is 19.3 Å². The van der Waals surface area contributed by atoms with Crippen LogP contribution in [-0.4, -0.2) is 81.3 Å². The first-order valence-electron chi connectivity index (χ1n) is 11.7. The van der Waals surface area contributed by atoms with Crippen molar-refractivity contribution in [3.8, 4) is 5.75 Å². The monoisotopic (exact) mass is 565 g/mol. The number of carbonyl (C=O) groups is 5. The number of carbonyl (C=O) groups excluding carboxylic acids is 4. The SMILES string of the molecule is CCN1CCN(C(=O)NC(C(=O)C[C@H]2Cc3c(F)cc(F)c(C(=O)O)c3OB2O)c2csc(N)n2)C(=O)C1=O. The van der Waals surface area contributed by atoms with Crippen LogP contribution in [-0.2, 0) is 20.8 Å². The van der Waals surface area contributed by atoms with Gasteiger partial charge in [0.05, 0.1) is 5.69 Å². The highest BCUT2D eigenvalue weighted by molar-refractivity contribution is 7.13. The third-order valence-corrected chi connectivity index (χ3v) is 7.12. The summed E-state index contributed by atoms with van der Waals surface area (Å²) in [5.74, 6) is -8.74. The molecule has 3 heterocycles. The molecule has 2 aliphatic rings. The highest BCUT2D eigenvalue weighted by Gasteiger charge is 2.43. The molecule has 0 bridgehead atoms. The van der Waals surface area contributed by atoms with Gasteiger partial charge in [0.2, 0.25) is 0 Å². The van der Waals surface area contributed by atoms with Crippen LogP contribution >= 0.6 is 11.3 Å². The number of halogens is 2. The first-order valence-corrected chi connectivity index (χ1v) is 12.5. The standard InChI is InChI=1S/C22H22BF2N5O8S/c1-2-29-3-4-30(19(33)18(29)32)22(36)28-16(13-8-39-21(26)27-13)14(31)6-9-5-10-11(24)7-12(25)15(20(34)35)17(10)38-23(9)37/h7-9,16,37H,2-6H2,1H3,(H2,26,27)(H,28,36)(H,34,35)/t9-,16?/m1/s1. The Balaban J connectivity index is 1.56. The lowest BCUT2D eigenvalue weighted by atomic mass is 9.64. The van der Waals surface area contributed by atoms with Crippen molar-refractivity contribution in [3.05, 3.63) is 39.9 Å². The van der Waals surface area contributed by atoms with Gasteiger partial charge in [0.15, 0.2) is 10.9 Å². The number of carboxylic acids is 1. The van der Waals surface area contributed by atoms with E-state index in [9.17, 15) is 42.9 Å². The summed E-state index contributed by atoms with van der Waals surface area (Å²) in [4.78, 5) is 68.3. The molecule has 1 aromatic heterocycles. The lowest BCUT2D eigenvalue weighted by molar-refractivity contribution is -0.153. The smallest absolute Gasteiger partial charge is 0.526 e. The van der Waals surface area contributed by atoms with Crippen molar-refractivity contribution in [1.29, 1.82) is 0 Å². The van der Waals surface area contributed by atoms with Crippen LogP contribution in [0.15, 0.2) is 11.4 Å². The van der Waals surface area contributed by atoms with Gasteiger partial charge in [-0.25, -0.2) is 23.4 Å². The van der Waals surface area contributed by atoms with Crippen LogP contribution in [0.2, 0.25) is 5.82 Å². The van der Waals surface area contributed by atoms with Gasteiger partial charge < -0.3 is 30.7 Å². The fourth-order valence-corrected chi connectivity index (χ4v) is 5.00. The molecule has 5 N–H and O–H groups in total. The Morgan fingerprint density at radius 2 is 2.00 bits per heavy atom. The molecule has 1 unspecified atom stereocenters. The Bertz CT molecular complexity index is 1370. The minimum absolute atomic E-state index is 0.0230. The normalized spacial score (nSPS) is 17.9. The number of hydrogen-bond acceptors (Lipinski definition) is 10. The molecule has 4 rings (SSSR count). The number of imide groups is 1. The molecule has 1 saturated heterocycles. The second-order valence-corrected chi connectivity index (χ2v) is 9.70. The van der Waals surface area contributed by atoms with Crippen molar-refractivity contribution in [2.24, 2.45) is 0 Å². The van der Waals surface area contributed by atoms with Gasteiger partial charge in [-0.1, -0.05) is 0 Å². The summed E-state index contributed by atoms with van der Waals surface area (Å²) in [6, 6.07) is -2.13. The van der Waals surface area contributed by atoms with Gasteiger partial charge in [0.25, 0.3) is 0 Å². The molecular weight excluding hydrogens is 543 g/mol. The van der Waals surface area contributed by atoms with Crippen LogP contribution in [0.25, 0.3) is 0 Å². The molecule has 13 nitrogen and oxygen atoms in total. The minimum atomic E-state index is -1.82. The molecule has 0 spiro atoms. The van der Waals surface area contributed by atoms with Crippen LogP contribution in [0.1, 0.15) is 41.0 Å². The van der Waals surface area contributed by atoms with Gasteiger partial charge in [0, 0.05) is 48.9 Å². The number of nitrogens with two attached hydrogens (primary N) is 1. The zero-order valence-corrected chi connectivity index (χ0v) is 21.2. The summed E-state index contributed by atoms with van der Waals surface area (Å²) in [6.07, 6.45) is -0.917. The first-order chi connectivity index (χ1) is 18.4. The van der Waals surface area contributed by atoms with Crippen molar-refractivity contribution < 1.29 is 47.5 Å². The number of benzene rings is 1. The average Bonchev–Trinajstić information content (AvgIpc) is 3.30. The van der Waals surface area contributed by atoms with Crippen molar-refractivity contribution >= 4 is 53.2 Å². The summed E-state index contributed by atoms with van der Waals surface area (Å²) in [6.45, 7) is 1.94. The van der Waals surface area contributed by atoms with Crippen molar-refractivity contribution in [2.45, 2.75) is 31.6 Å². The number of amides is 4. The summed E-state index contributed by atoms with van der Waals surface area (Å²) in [5, 5.41) is 23.6. The number of nitrogens with one attached hydrogen (secondary N) is 1. The molecule has 39 heavy (non-hydrogen) atoms. The number of nitrogens with zero attached hydrogens (tertiary/aromatic N) is 3. The Morgan fingerprint density at radius 1 is 1.28 bits per heavy atom. The van der Waals surface area contributed by atoms with E-state index in [4.69, 9.17) is 10.4 Å². The number of anilines is 1. The third-order valence-electron chi connectivity index (χ3n) is 6.43. The maximum atomic E-state index is 14.5. The Kier molecular flexibility index (Phi) is 7.83. The number of carboxylic acid groups (broad SMARTS) is 1. The topological polar surface area (TPSA) is 192 Å². The van der Waals surface area contributed by atoms with Gasteiger partial charge in [-0.15, -0.1) is 11.3 Å². The highest BCUT2D eigenvalue weighted by atomic mass is 32.1. The Labute approximate surface area is 223 Å². The lowest BCUT2D eigenvalue weighted by Crippen LogP contribution is -2.58. The number of urea groups is 1. The number of aromatic nitrogens is 1. The van der Waals surface area contributed by atoms with Crippen LogP contribution in [0.5, 0.6) is 5.75 Å². The number of rotatable bonds is 7. The van der Waals surface area contributed by atoms with E-state index in [1.54, 1.807) is 6.92 Å². The lowest BCUT2D eigenvalue weighted by Gasteiger charge is -2.33. The fourth-order valence-electron chi connectivity index (χ4n) is 4.41. The van der Waals surface area contributed by atoms with Crippen LogP contribution in [0, 0.1) is 11.6 Å². The number of thiazole rings is 1. The zero-order valence-electron chi connectivity index (χ0n) is 20.3. The summed E-state index contributed by atoms with van der Waals surface area (Å²) >= 11 is 0.969. The van der Waals surface area contributed by atoms with E-state index in [-0.39, 0.29) is 42.4 Å². The van der Waals surface area contributed by atoms with Crippen molar-refractivity contribution in [2.75, 3.05) is 25.4 Å². The fraction of sp³-hybridized carbons (Fsp3) is 0.364. The molecular formula is C22H22BF2N5O8S. The van der Waals surface area contributed by atoms with Crippen molar-refractivity contribution in [1.82, 2.24) is 20.1 Å². The number of piperazine rings is 1. The number of fused-ring (bicyclic) bond motifs is 1. The molecule has 2 atom stereocenters. The maximum absolute atomic E-state index is 14.5. The van der Waals surface area contributed by atoms with E-state index in [1.807, 2.05) is 0 Å². The molecule has 0 aliphatic carbocycles. The predicted octanol–water partition coefficient (Wildman–Crippen LogP) is 0.588. The third kappa shape index (κ3) is 5.40. The average molecular weight is 565 g/mol. The van der Waals surface area contributed by atoms with E-state index >= 15 is 0 Å². The minimum Gasteiger partial charge on any atom is -0.535 e. The van der Waals surface area contributed by atoms with Gasteiger partial charge in [0.1, 0.15) is 29.0 Å². The predicted molar refractivity (Wildman–Crippen MR) is 131 cm³/mol. The molecule has 2 aromatic rings. The van der Waals surface area contributed by atoms with Crippen LogP contribution in [0.3, 0.4) is 0 Å². The number of Topliss-reactive ketones (excluding diaryl/α,β-unsaturated/α-hetero) is 1. The van der Waals surface area contributed by atoms with Crippen LogP contribution < -0.4 is 15.7 Å². The molecule has 2 aliphatic heterocycles. The number of ketones is 1. The van der Waals surface area contributed by atoms with E-state index in [0.29, 0.717) is 11.0 Å². The quantitative estimate of drug-likeness (QED) is 0.273. The van der Waals surface area contributed by atoms with E-state index in [2.05, 4.69) is 10.3 Å². The van der Waals surface area contributed by atoms with Gasteiger partial charge in [-0.05, 0) is 13.3 Å². The highest BCUT2D eigenvalue weighted by Crippen LogP contribution is 2.39. The zero-order chi connectivity index (χ0) is 28.6. The molecule has 206 valence electrons. The van der Waals surface area contributed by atoms with E-state index < -0.39 is 77.9 Å². The molecule has 1 fully saturated rings. The Hall–Kier alpha value is -4.12. The number of aromatic carboxylic acids is 1. The Morgan fingerprint density at radius 3 is 2.62 bits per heavy atom.